The molecule has 2 aromatic rings. The number of hydrogen-bond acceptors (Lipinski definition) is 4. The van der Waals surface area contributed by atoms with Crippen molar-refractivity contribution in [2.24, 2.45) is 0 Å². The molecule has 0 spiro atoms. The van der Waals surface area contributed by atoms with E-state index < -0.39 is 0 Å². The van der Waals surface area contributed by atoms with Gasteiger partial charge in [-0.2, -0.15) is 0 Å². The second-order valence-corrected chi connectivity index (χ2v) is 5.43. The Balaban J connectivity index is -0.000000194. The number of imide groups is 2. The van der Waals surface area contributed by atoms with Crippen molar-refractivity contribution in [1.82, 2.24) is 9.80 Å². The number of hydrogen-bond donors (Lipinski definition) is 0. The van der Waals surface area contributed by atoms with E-state index in [0.29, 0.717) is 22.3 Å². The molecule has 0 saturated heterocycles. The Bertz CT molecular complexity index is 767. The molecule has 7 heteroatoms. The third kappa shape index (κ3) is 5.93. The van der Waals surface area contributed by atoms with E-state index >= 15 is 0 Å². The summed E-state index contributed by atoms with van der Waals surface area (Å²) in [7, 11) is 4.23. The maximum absolute atomic E-state index is 11.3. The third-order valence-electron chi connectivity index (χ3n) is 3.99. The number of carbonyl (C=O) groups excluding carboxylic acids is 4. The van der Waals surface area contributed by atoms with Gasteiger partial charge in [0.15, 0.2) is 0 Å². The van der Waals surface area contributed by atoms with E-state index in [1.807, 2.05) is 13.8 Å². The third-order valence-corrected chi connectivity index (χ3v) is 3.99. The fourth-order valence-corrected chi connectivity index (χ4v) is 2.62. The SMILES string of the molecule is CC.CN1C(=O)c2ccccc2C1=O.CN1C(=O)c2ccccc2C1=O.[2H]C.[2H][2H].[CH3-].[CH3-].[Y]. The fraction of sp³-hybridized carbons (Fsp3) is 0.217. The molecule has 4 amide bonds. The number of fused-ring (bicyclic) bond motifs is 2. The molecule has 6 nitrogen and oxygen atoms in total. The van der Waals surface area contributed by atoms with Gasteiger partial charge >= 0.3 is 0 Å². The minimum atomic E-state index is -0.212. The molecule has 2 aromatic carbocycles. The van der Waals surface area contributed by atoms with Gasteiger partial charge < -0.3 is 14.9 Å². The van der Waals surface area contributed by atoms with Crippen LogP contribution in [0, 0.1) is 14.9 Å². The van der Waals surface area contributed by atoms with E-state index in [0.717, 1.165) is 9.80 Å². The Kier molecular flexibility index (Phi) is 12.9. The first kappa shape index (κ1) is 27.8. The second-order valence-electron chi connectivity index (χ2n) is 5.43. The molecule has 0 atom stereocenters. The molecular weight excluding hydrogens is 457 g/mol. The second kappa shape index (κ2) is 13.9. The van der Waals surface area contributed by atoms with Crippen molar-refractivity contribution in [2.75, 3.05) is 14.1 Å². The van der Waals surface area contributed by atoms with Gasteiger partial charge in [-0.05, 0) is 24.3 Å². The van der Waals surface area contributed by atoms with Crippen LogP contribution in [0.1, 0.15) is 67.0 Å². The molecule has 2 heterocycles. The zero-order chi connectivity index (χ0) is 23.4. The molecule has 0 aromatic heterocycles. The molecule has 0 aliphatic carbocycles. The Morgan fingerprint density at radius 2 is 0.833 bits per heavy atom. The van der Waals surface area contributed by atoms with Crippen molar-refractivity contribution in [3.8, 4) is 0 Å². The average Bonchev–Trinajstić information content (AvgIpc) is 3.19. The standard InChI is InChI=1S/2C9H7NO2.C2H6.CH4.2CH3.Y.H2/c2*1-10-8(11)6-4-2-3-5-7(6)9(10)12;1-2;;;;;/h2*2-5H,1H3;1-2H3;1H4;2*1H3;;1H/q;;;;2*-1;;/i;;;1D;;;;1+1D. The molecule has 30 heavy (non-hydrogen) atoms. The average molecular weight is 492 g/mol. The largest absolute Gasteiger partial charge is 0.358 e. The van der Waals surface area contributed by atoms with Crippen molar-refractivity contribution in [2.45, 2.75) is 21.3 Å². The number of carbonyl (C=O) groups is 4. The zero-order valence-electron chi connectivity index (χ0n) is 21.7. The number of rotatable bonds is 0. The van der Waals surface area contributed by atoms with Gasteiger partial charge in [-0.3, -0.25) is 29.0 Å². The van der Waals surface area contributed by atoms with Crippen molar-refractivity contribution in [3.63, 3.8) is 0 Å². The van der Waals surface area contributed by atoms with Crippen LogP contribution in [-0.4, -0.2) is 47.5 Å². The van der Waals surface area contributed by atoms with Crippen LogP contribution in [-0.2, 0) is 32.7 Å². The predicted octanol–water partition coefficient (Wildman–Crippen LogP) is 4.63. The molecular formula is C23H32N2O4Y-2. The molecule has 2 aliphatic rings. The van der Waals surface area contributed by atoms with E-state index in [9.17, 15) is 19.2 Å². The van der Waals surface area contributed by atoms with Crippen LogP contribution in [0.25, 0.3) is 0 Å². The summed E-state index contributed by atoms with van der Waals surface area (Å²) in [6.07, 6.45) is 0. The van der Waals surface area contributed by atoms with Crippen molar-refractivity contribution >= 4 is 23.6 Å². The minimum absolute atomic E-state index is 0. The Morgan fingerprint density at radius 3 is 1.00 bits per heavy atom. The number of benzene rings is 2. The fourth-order valence-electron chi connectivity index (χ4n) is 2.62. The van der Waals surface area contributed by atoms with Crippen LogP contribution >= 0.6 is 0 Å². The van der Waals surface area contributed by atoms with Gasteiger partial charge in [-0.25, -0.2) is 0 Å². The van der Waals surface area contributed by atoms with E-state index in [2.05, 4.69) is 0 Å². The van der Waals surface area contributed by atoms with E-state index in [4.69, 9.17) is 4.34 Å². The molecule has 0 saturated carbocycles. The van der Waals surface area contributed by atoms with E-state index in [1.165, 1.54) is 21.5 Å². The minimum Gasteiger partial charge on any atom is -0.358 e. The summed E-state index contributed by atoms with van der Waals surface area (Å²) in [4.78, 5) is 47.5. The van der Waals surface area contributed by atoms with Gasteiger partial charge in [0, 0.05) is 51.1 Å². The number of amides is 4. The van der Waals surface area contributed by atoms with Gasteiger partial charge in [-0.15, -0.1) is 0 Å². The summed E-state index contributed by atoms with van der Waals surface area (Å²) in [5.74, 6) is -0.850. The zero-order valence-corrected chi connectivity index (χ0v) is 21.6. The molecule has 0 unspecified atom stereocenters. The molecule has 0 N–H and O–H groups in total. The monoisotopic (exact) mass is 492 g/mol. The van der Waals surface area contributed by atoms with Crippen LogP contribution < -0.4 is 0 Å². The molecule has 0 fully saturated rings. The summed E-state index contributed by atoms with van der Waals surface area (Å²) in [5.41, 5.74) is 2.02. The first-order valence-corrected chi connectivity index (χ1v) is 8.26. The van der Waals surface area contributed by atoms with Crippen molar-refractivity contribution < 1.29 is 56.2 Å². The van der Waals surface area contributed by atoms with Crippen LogP contribution in [0.5, 0.6) is 0 Å². The maximum Gasteiger partial charge on any atom is 0.261 e. The van der Waals surface area contributed by atoms with E-state index in [-0.39, 0.29) is 71.2 Å². The summed E-state index contributed by atoms with van der Waals surface area (Å²) in [5, 5.41) is 0. The van der Waals surface area contributed by atoms with Gasteiger partial charge in [0.1, 0.15) is 0 Å². The summed E-state index contributed by atoms with van der Waals surface area (Å²) < 4.78 is 15.8. The van der Waals surface area contributed by atoms with Crippen molar-refractivity contribution in [1.29, 1.82) is 0 Å². The van der Waals surface area contributed by atoms with Gasteiger partial charge in [0.25, 0.3) is 23.6 Å². The topological polar surface area (TPSA) is 74.8 Å². The van der Waals surface area contributed by atoms with Crippen LogP contribution in [0.4, 0.5) is 0 Å². The summed E-state index contributed by atoms with van der Waals surface area (Å²) in [6.45, 7) is 4.00. The smallest absolute Gasteiger partial charge is 0.261 e. The summed E-state index contributed by atoms with van der Waals surface area (Å²) >= 11 is 0. The van der Waals surface area contributed by atoms with Gasteiger partial charge in [0.05, 0.1) is 22.3 Å². The number of nitrogens with zero attached hydrogens (tertiary/aromatic N) is 2. The molecule has 2 aliphatic heterocycles. The molecule has 1 radical (unpaired) electrons. The first-order valence-electron chi connectivity index (χ1n) is 10.3. The van der Waals surface area contributed by atoms with Crippen LogP contribution in [0.15, 0.2) is 48.5 Å². The molecule has 0 bridgehead atoms. The van der Waals surface area contributed by atoms with Crippen LogP contribution in [0.3, 0.4) is 0 Å². The normalized spacial score (nSPS) is 12.9. The van der Waals surface area contributed by atoms with Crippen LogP contribution in [0.2, 0.25) is 0 Å². The predicted molar refractivity (Wildman–Crippen MR) is 119 cm³/mol. The van der Waals surface area contributed by atoms with Gasteiger partial charge in [0.2, 0.25) is 0 Å². The first-order chi connectivity index (χ1) is 14.4. The summed E-state index contributed by atoms with van der Waals surface area (Å²) in [6, 6.07) is 13.7. The Morgan fingerprint density at radius 1 is 0.667 bits per heavy atom. The Labute approximate surface area is 210 Å². The molecule has 4 rings (SSSR count). The molecule has 163 valence electrons. The quantitative estimate of drug-likeness (QED) is 0.397. The Hall–Kier alpha value is -2.18. The van der Waals surface area contributed by atoms with E-state index in [1.54, 1.807) is 48.5 Å². The maximum atomic E-state index is 11.3. The van der Waals surface area contributed by atoms with Crippen molar-refractivity contribution in [3.05, 3.63) is 85.6 Å². The van der Waals surface area contributed by atoms with Gasteiger partial charge in [-0.1, -0.05) is 45.5 Å².